The molecule has 0 unspecified atom stereocenters. The molecule has 0 aliphatic rings. The molecule has 0 N–H and O–H groups in total. The minimum Gasteiger partial charge on any atom is -0.427 e. The first-order chi connectivity index (χ1) is 10.3. The van der Waals surface area contributed by atoms with E-state index in [2.05, 4.69) is 25.3 Å². The first-order valence-corrected chi connectivity index (χ1v) is 7.77. The van der Waals surface area contributed by atoms with Crippen LogP contribution in [0.4, 0.5) is 26.3 Å². The molecule has 23 heavy (non-hydrogen) atoms. The third-order valence-corrected chi connectivity index (χ3v) is 4.68. The van der Waals surface area contributed by atoms with Gasteiger partial charge in [-0.05, 0) is 24.3 Å². The van der Waals surface area contributed by atoms with Crippen molar-refractivity contribution in [1.29, 1.82) is 0 Å². The molecule has 4 nitrogen and oxygen atoms in total. The van der Waals surface area contributed by atoms with Crippen molar-refractivity contribution in [3.63, 3.8) is 0 Å². The third-order valence-electron chi connectivity index (χ3n) is 2.47. The summed E-state index contributed by atoms with van der Waals surface area (Å²) in [6.07, 6.45) is -10.8. The van der Waals surface area contributed by atoms with Crippen LogP contribution in [0.2, 0.25) is 0 Å². The summed E-state index contributed by atoms with van der Waals surface area (Å²) in [7, 11) is -4.95. The van der Waals surface area contributed by atoms with Crippen LogP contribution in [-0.2, 0) is 22.2 Å². The number of alkyl halides is 6. The zero-order valence-electron chi connectivity index (χ0n) is 10.5. The van der Waals surface area contributed by atoms with E-state index in [0.29, 0.717) is 4.47 Å². The molecule has 0 bridgehead atoms. The molecule has 0 amide bonds. The SMILES string of the molecule is O=S(=O)(c1ccc(Br)cc1)c1nc(C(F)(F)F)oc1C(F)(F)F. The molecule has 0 atom stereocenters. The van der Waals surface area contributed by atoms with Crippen molar-refractivity contribution in [2.24, 2.45) is 0 Å². The van der Waals surface area contributed by atoms with Crippen LogP contribution < -0.4 is 0 Å². The third kappa shape index (κ3) is 3.52. The van der Waals surface area contributed by atoms with Crippen LogP contribution in [0.1, 0.15) is 11.7 Å². The minimum absolute atomic E-state index is 0.420. The van der Waals surface area contributed by atoms with Gasteiger partial charge in [0.25, 0.3) is 0 Å². The molecule has 1 aromatic carbocycles. The van der Waals surface area contributed by atoms with E-state index in [0.717, 1.165) is 12.1 Å². The second-order valence-corrected chi connectivity index (χ2v) is 6.89. The summed E-state index contributed by atoms with van der Waals surface area (Å²) >= 11 is 2.99. The van der Waals surface area contributed by atoms with Crippen molar-refractivity contribution in [2.75, 3.05) is 0 Å². The number of halogens is 7. The van der Waals surface area contributed by atoms with Crippen molar-refractivity contribution in [3.05, 3.63) is 40.4 Å². The van der Waals surface area contributed by atoms with Crippen molar-refractivity contribution >= 4 is 25.8 Å². The highest BCUT2D eigenvalue weighted by Crippen LogP contribution is 2.40. The fourth-order valence-corrected chi connectivity index (χ4v) is 3.10. The number of benzene rings is 1. The van der Waals surface area contributed by atoms with Crippen LogP contribution in [0, 0.1) is 0 Å². The van der Waals surface area contributed by atoms with Crippen molar-refractivity contribution in [2.45, 2.75) is 22.3 Å². The summed E-state index contributed by atoms with van der Waals surface area (Å²) in [6, 6.07) is 4.23. The molecule has 0 saturated heterocycles. The number of rotatable bonds is 2. The van der Waals surface area contributed by atoms with Gasteiger partial charge in [-0.2, -0.15) is 31.3 Å². The number of sulfone groups is 1. The summed E-state index contributed by atoms with van der Waals surface area (Å²) in [6.45, 7) is 0. The van der Waals surface area contributed by atoms with Gasteiger partial charge < -0.3 is 4.42 Å². The number of oxazole rings is 1. The highest BCUT2D eigenvalue weighted by molar-refractivity contribution is 9.10. The van der Waals surface area contributed by atoms with Gasteiger partial charge in [0.2, 0.25) is 20.6 Å². The van der Waals surface area contributed by atoms with Crippen molar-refractivity contribution < 1.29 is 39.2 Å². The van der Waals surface area contributed by atoms with Crippen LogP contribution in [0.5, 0.6) is 0 Å². The smallest absolute Gasteiger partial charge is 0.427 e. The zero-order chi connectivity index (χ0) is 17.6. The topological polar surface area (TPSA) is 60.2 Å². The first-order valence-electron chi connectivity index (χ1n) is 5.49. The number of hydrogen-bond acceptors (Lipinski definition) is 4. The van der Waals surface area contributed by atoms with Gasteiger partial charge in [0.15, 0.2) is 0 Å². The Labute approximate surface area is 133 Å². The Hall–Kier alpha value is -1.56. The Morgan fingerprint density at radius 2 is 1.48 bits per heavy atom. The highest BCUT2D eigenvalue weighted by Gasteiger charge is 2.48. The maximum atomic E-state index is 12.8. The van der Waals surface area contributed by atoms with E-state index >= 15 is 0 Å². The molecule has 0 spiro atoms. The van der Waals surface area contributed by atoms with Gasteiger partial charge in [-0.1, -0.05) is 15.9 Å². The average molecular weight is 424 g/mol. The highest BCUT2D eigenvalue weighted by atomic mass is 79.9. The molecular weight excluding hydrogens is 420 g/mol. The second kappa shape index (κ2) is 5.51. The van der Waals surface area contributed by atoms with E-state index in [9.17, 15) is 34.8 Å². The fraction of sp³-hybridized carbons (Fsp3) is 0.182. The molecule has 0 fully saturated rings. The Morgan fingerprint density at radius 1 is 0.957 bits per heavy atom. The lowest BCUT2D eigenvalue weighted by Gasteiger charge is -2.06. The molecule has 12 heteroatoms. The Morgan fingerprint density at radius 3 is 1.91 bits per heavy atom. The monoisotopic (exact) mass is 423 g/mol. The van der Waals surface area contributed by atoms with E-state index in [1.807, 2.05) is 0 Å². The molecule has 1 heterocycles. The molecule has 0 radical (unpaired) electrons. The van der Waals surface area contributed by atoms with Gasteiger partial charge >= 0.3 is 18.2 Å². The summed E-state index contributed by atoms with van der Waals surface area (Å²) in [4.78, 5) is 1.85. The minimum atomic E-state index is -5.46. The van der Waals surface area contributed by atoms with Gasteiger partial charge in [0.05, 0.1) is 4.90 Å². The lowest BCUT2D eigenvalue weighted by molar-refractivity contribution is -0.173. The zero-order valence-corrected chi connectivity index (χ0v) is 12.9. The number of nitrogens with zero attached hydrogens (tertiary/aromatic N) is 1. The summed E-state index contributed by atoms with van der Waals surface area (Å²) in [5, 5.41) is -1.83. The Kier molecular flexibility index (Phi) is 4.26. The van der Waals surface area contributed by atoms with E-state index in [-0.39, 0.29) is 0 Å². The van der Waals surface area contributed by atoms with Crippen molar-refractivity contribution in [3.8, 4) is 0 Å². The Balaban J connectivity index is 2.70. The summed E-state index contributed by atoms with van der Waals surface area (Å²) in [5.74, 6) is -4.62. The quantitative estimate of drug-likeness (QED) is 0.675. The van der Waals surface area contributed by atoms with Crippen LogP contribution in [0.25, 0.3) is 0 Å². The molecule has 1 aromatic heterocycles. The van der Waals surface area contributed by atoms with E-state index in [1.165, 1.54) is 12.1 Å². The number of hydrogen-bond donors (Lipinski definition) is 0. The average Bonchev–Trinajstić information content (AvgIpc) is 2.84. The summed E-state index contributed by atoms with van der Waals surface area (Å²) < 4.78 is 104. The summed E-state index contributed by atoms with van der Waals surface area (Å²) in [5.41, 5.74) is 0. The fourth-order valence-electron chi connectivity index (χ4n) is 1.51. The lowest BCUT2D eigenvalue weighted by atomic mass is 10.4. The maximum Gasteiger partial charge on any atom is 0.468 e. The van der Waals surface area contributed by atoms with Gasteiger partial charge in [-0.15, -0.1) is 0 Å². The number of aromatic nitrogens is 1. The van der Waals surface area contributed by atoms with E-state index in [1.54, 1.807) is 0 Å². The molecule has 126 valence electrons. The predicted octanol–water partition coefficient (Wildman–Crippen LogP) is 4.31. The van der Waals surface area contributed by atoms with Crippen LogP contribution >= 0.6 is 15.9 Å². The van der Waals surface area contributed by atoms with Gasteiger partial charge in [-0.3, -0.25) is 0 Å². The predicted molar refractivity (Wildman–Crippen MR) is 66.1 cm³/mol. The second-order valence-electron chi connectivity index (χ2n) is 4.11. The van der Waals surface area contributed by atoms with Crippen molar-refractivity contribution in [1.82, 2.24) is 4.98 Å². The standard InChI is InChI=1S/C11H4BrF6NO3S/c12-5-1-3-6(4-2-5)23(20,21)8-7(10(13,14)15)22-9(19-8)11(16,17)18/h1-4H. The first kappa shape index (κ1) is 17.8. The normalized spacial score (nSPS) is 13.3. The van der Waals surface area contributed by atoms with Crippen LogP contribution in [-0.4, -0.2) is 13.4 Å². The maximum absolute atomic E-state index is 12.8. The van der Waals surface area contributed by atoms with E-state index < -0.39 is 43.8 Å². The largest absolute Gasteiger partial charge is 0.468 e. The van der Waals surface area contributed by atoms with E-state index in [4.69, 9.17) is 0 Å². The lowest BCUT2D eigenvalue weighted by Crippen LogP contribution is -2.12. The van der Waals surface area contributed by atoms with Crippen LogP contribution in [0.3, 0.4) is 0 Å². The molecule has 0 aliphatic carbocycles. The molecule has 0 saturated carbocycles. The van der Waals surface area contributed by atoms with Gasteiger partial charge in [0, 0.05) is 4.47 Å². The molecular formula is C11H4BrF6NO3S. The van der Waals surface area contributed by atoms with Gasteiger partial charge in [0.1, 0.15) is 0 Å². The molecule has 0 aliphatic heterocycles. The van der Waals surface area contributed by atoms with Crippen LogP contribution in [0.15, 0.2) is 43.1 Å². The molecule has 2 aromatic rings. The molecule has 2 rings (SSSR count). The van der Waals surface area contributed by atoms with Gasteiger partial charge in [-0.25, -0.2) is 8.42 Å². The Bertz CT molecular complexity index is 823.